The van der Waals surface area contributed by atoms with E-state index in [2.05, 4.69) is 38.3 Å². The summed E-state index contributed by atoms with van der Waals surface area (Å²) in [5.74, 6) is 1.78. The third kappa shape index (κ3) is 2.98. The topological polar surface area (TPSA) is 3.24 Å². The summed E-state index contributed by atoms with van der Waals surface area (Å²) in [6, 6.07) is 0. The second-order valence-corrected chi connectivity index (χ2v) is 5.16. The lowest BCUT2D eigenvalue weighted by atomic mass is 9.97. The van der Waals surface area contributed by atoms with E-state index in [0.29, 0.717) is 5.37 Å². The van der Waals surface area contributed by atoms with E-state index in [0.717, 1.165) is 11.8 Å². The summed E-state index contributed by atoms with van der Waals surface area (Å²) in [5.41, 5.74) is 0. The highest BCUT2D eigenvalue weighted by molar-refractivity contribution is 7.80. The highest BCUT2D eigenvalue weighted by Gasteiger charge is 2.24. The van der Waals surface area contributed by atoms with Crippen molar-refractivity contribution in [3.63, 3.8) is 0 Å². The molecule has 0 aliphatic carbocycles. The quantitative estimate of drug-likeness (QED) is 0.665. The average molecular weight is 187 g/mol. The number of rotatable bonds is 3. The molecule has 2 heteroatoms. The van der Waals surface area contributed by atoms with Gasteiger partial charge in [0.2, 0.25) is 0 Å². The molecule has 0 radical (unpaired) electrons. The smallest absolute Gasteiger partial charge is 0.0499 e. The molecular weight excluding hydrogens is 166 g/mol. The lowest BCUT2D eigenvalue weighted by Crippen LogP contribution is -2.26. The van der Waals surface area contributed by atoms with Crippen LogP contribution in [0.25, 0.3) is 0 Å². The van der Waals surface area contributed by atoms with E-state index >= 15 is 0 Å². The molecule has 1 fully saturated rings. The lowest BCUT2D eigenvalue weighted by Gasteiger charge is -2.19. The van der Waals surface area contributed by atoms with Crippen LogP contribution in [0.2, 0.25) is 0 Å². The van der Waals surface area contributed by atoms with Crippen LogP contribution in [0.3, 0.4) is 0 Å². The van der Waals surface area contributed by atoms with Crippen LogP contribution in [-0.2, 0) is 0 Å². The monoisotopic (exact) mass is 187 g/mol. The van der Waals surface area contributed by atoms with Gasteiger partial charge in [-0.2, -0.15) is 12.6 Å². The maximum absolute atomic E-state index is 4.45. The molecule has 72 valence electrons. The maximum atomic E-state index is 4.45. The van der Waals surface area contributed by atoms with Crippen LogP contribution in [0.15, 0.2) is 0 Å². The van der Waals surface area contributed by atoms with Crippen molar-refractivity contribution >= 4 is 12.6 Å². The Labute approximate surface area is 81.9 Å². The first-order valence-corrected chi connectivity index (χ1v) is 5.53. The molecule has 1 aliphatic heterocycles. The maximum Gasteiger partial charge on any atom is 0.0499 e. The van der Waals surface area contributed by atoms with Gasteiger partial charge in [0.25, 0.3) is 0 Å². The normalized spacial score (nSPS) is 28.2. The summed E-state index contributed by atoms with van der Waals surface area (Å²) in [5, 5.41) is 0.446. The van der Waals surface area contributed by atoms with Gasteiger partial charge in [-0.15, -0.1) is 0 Å². The van der Waals surface area contributed by atoms with Gasteiger partial charge in [-0.25, -0.2) is 0 Å². The van der Waals surface area contributed by atoms with Crippen molar-refractivity contribution in [1.82, 2.24) is 4.90 Å². The van der Waals surface area contributed by atoms with Crippen LogP contribution in [0.1, 0.15) is 33.6 Å². The third-order valence-electron chi connectivity index (χ3n) is 2.65. The molecule has 0 N–H and O–H groups in total. The van der Waals surface area contributed by atoms with Gasteiger partial charge in [0.05, 0.1) is 0 Å². The van der Waals surface area contributed by atoms with Gasteiger partial charge in [-0.05, 0) is 38.1 Å². The summed E-state index contributed by atoms with van der Waals surface area (Å²) < 4.78 is 0. The summed E-state index contributed by atoms with van der Waals surface area (Å²) in [6.45, 7) is 9.31. The van der Waals surface area contributed by atoms with Gasteiger partial charge >= 0.3 is 0 Å². The molecule has 2 unspecified atom stereocenters. The SMILES string of the molecule is CC(C)CC1CCN(C(C)S)C1. The van der Waals surface area contributed by atoms with Crippen molar-refractivity contribution in [1.29, 1.82) is 0 Å². The molecule has 0 aromatic rings. The van der Waals surface area contributed by atoms with E-state index in [1.165, 1.54) is 25.9 Å². The van der Waals surface area contributed by atoms with Crippen molar-refractivity contribution in [3.8, 4) is 0 Å². The number of nitrogens with zero attached hydrogens (tertiary/aromatic N) is 1. The van der Waals surface area contributed by atoms with Gasteiger partial charge in [0.15, 0.2) is 0 Å². The molecule has 1 heterocycles. The van der Waals surface area contributed by atoms with E-state index < -0.39 is 0 Å². The van der Waals surface area contributed by atoms with Crippen molar-refractivity contribution in [2.75, 3.05) is 13.1 Å². The summed E-state index contributed by atoms with van der Waals surface area (Å²) in [7, 11) is 0. The molecule has 0 amide bonds. The Hall–Kier alpha value is 0.310. The Bertz CT molecular complexity index is 134. The van der Waals surface area contributed by atoms with E-state index in [1.54, 1.807) is 0 Å². The largest absolute Gasteiger partial charge is 0.292 e. The minimum atomic E-state index is 0.446. The van der Waals surface area contributed by atoms with Gasteiger partial charge in [-0.1, -0.05) is 13.8 Å². The predicted octanol–water partition coefficient (Wildman–Crippen LogP) is 2.63. The molecule has 2 atom stereocenters. The van der Waals surface area contributed by atoms with E-state index in [9.17, 15) is 0 Å². The van der Waals surface area contributed by atoms with Crippen molar-refractivity contribution in [2.24, 2.45) is 11.8 Å². The zero-order valence-corrected chi connectivity index (χ0v) is 9.35. The Balaban J connectivity index is 2.26. The highest BCUT2D eigenvalue weighted by atomic mass is 32.1. The van der Waals surface area contributed by atoms with Gasteiger partial charge in [-0.3, -0.25) is 4.90 Å². The Kier molecular flexibility index (Phi) is 3.91. The average Bonchev–Trinajstić information content (AvgIpc) is 2.34. The first-order chi connectivity index (χ1) is 5.59. The van der Waals surface area contributed by atoms with Gasteiger partial charge in [0, 0.05) is 11.9 Å². The Morgan fingerprint density at radius 2 is 2.08 bits per heavy atom. The highest BCUT2D eigenvalue weighted by Crippen LogP contribution is 2.25. The predicted molar refractivity (Wildman–Crippen MR) is 57.6 cm³/mol. The molecule has 0 aromatic carbocycles. The molecule has 1 aliphatic rings. The lowest BCUT2D eigenvalue weighted by molar-refractivity contribution is 0.308. The molecule has 1 saturated heterocycles. The summed E-state index contributed by atoms with van der Waals surface area (Å²) in [4.78, 5) is 2.47. The fourth-order valence-corrected chi connectivity index (χ4v) is 2.27. The van der Waals surface area contributed by atoms with Gasteiger partial charge in [0.1, 0.15) is 0 Å². The molecule has 0 bridgehead atoms. The van der Waals surface area contributed by atoms with Crippen LogP contribution in [-0.4, -0.2) is 23.4 Å². The number of hydrogen-bond donors (Lipinski definition) is 1. The van der Waals surface area contributed by atoms with Crippen LogP contribution in [0.5, 0.6) is 0 Å². The number of thiol groups is 1. The Morgan fingerprint density at radius 1 is 1.42 bits per heavy atom. The molecule has 0 saturated carbocycles. The zero-order valence-electron chi connectivity index (χ0n) is 8.45. The number of hydrogen-bond acceptors (Lipinski definition) is 2. The first-order valence-electron chi connectivity index (χ1n) is 5.01. The zero-order chi connectivity index (χ0) is 9.14. The fraction of sp³-hybridized carbons (Fsp3) is 1.00. The van der Waals surface area contributed by atoms with E-state index in [1.807, 2.05) is 0 Å². The van der Waals surface area contributed by atoms with Crippen LogP contribution >= 0.6 is 12.6 Å². The number of likely N-dealkylation sites (tertiary alicyclic amines) is 1. The molecular formula is C10H21NS. The first kappa shape index (κ1) is 10.4. The van der Waals surface area contributed by atoms with Crippen molar-refractivity contribution in [2.45, 2.75) is 39.0 Å². The molecule has 1 nitrogen and oxygen atoms in total. The van der Waals surface area contributed by atoms with E-state index in [-0.39, 0.29) is 0 Å². The molecule has 12 heavy (non-hydrogen) atoms. The minimum absolute atomic E-state index is 0.446. The van der Waals surface area contributed by atoms with Gasteiger partial charge < -0.3 is 0 Å². The molecule has 0 spiro atoms. The second-order valence-electron chi connectivity index (χ2n) is 4.41. The minimum Gasteiger partial charge on any atom is -0.292 e. The van der Waals surface area contributed by atoms with Crippen molar-refractivity contribution in [3.05, 3.63) is 0 Å². The molecule has 0 aromatic heterocycles. The fourth-order valence-electron chi connectivity index (χ4n) is 2.06. The summed E-state index contributed by atoms with van der Waals surface area (Å²) in [6.07, 6.45) is 2.76. The standard InChI is InChI=1S/C10H21NS/c1-8(2)6-10-4-5-11(7-10)9(3)12/h8-10,12H,4-7H2,1-3H3. The summed E-state index contributed by atoms with van der Waals surface area (Å²) >= 11 is 4.45. The van der Waals surface area contributed by atoms with Crippen LogP contribution in [0, 0.1) is 11.8 Å². The van der Waals surface area contributed by atoms with Crippen molar-refractivity contribution < 1.29 is 0 Å². The molecule has 1 rings (SSSR count). The second kappa shape index (κ2) is 4.52. The van der Waals surface area contributed by atoms with E-state index in [4.69, 9.17) is 0 Å². The van der Waals surface area contributed by atoms with Crippen LogP contribution < -0.4 is 0 Å². The Morgan fingerprint density at radius 3 is 2.50 bits per heavy atom. The third-order valence-corrected chi connectivity index (χ3v) is 2.98. The van der Waals surface area contributed by atoms with Crippen LogP contribution in [0.4, 0.5) is 0 Å².